The van der Waals surface area contributed by atoms with Gasteiger partial charge in [0.2, 0.25) is 0 Å². The molecule has 220 valence electrons. The van der Waals surface area contributed by atoms with E-state index in [0.29, 0.717) is 5.82 Å². The van der Waals surface area contributed by atoms with Crippen molar-refractivity contribution in [1.82, 2.24) is 15.0 Å². The summed E-state index contributed by atoms with van der Waals surface area (Å²) >= 11 is 0. The molecular weight excluding hydrogens is 571 g/mol. The van der Waals surface area contributed by atoms with Crippen LogP contribution < -0.4 is 0 Å². The highest BCUT2D eigenvalue weighted by Gasteiger charge is 2.22. The van der Waals surface area contributed by atoms with E-state index in [4.69, 9.17) is 9.97 Å². The molecule has 0 fully saturated rings. The summed E-state index contributed by atoms with van der Waals surface area (Å²) in [5.74, 6) is 0.705. The molecule has 3 nitrogen and oxygen atoms in total. The van der Waals surface area contributed by atoms with Crippen molar-refractivity contribution in [2.45, 2.75) is 6.92 Å². The molecule has 0 aliphatic heterocycles. The minimum Gasteiger partial charge on any atom is -0.264 e. The highest BCUT2D eigenvalue weighted by atomic mass is 14.9. The molecule has 0 atom stereocenters. The molecule has 0 radical (unpaired) electrons. The van der Waals surface area contributed by atoms with Crippen LogP contribution in [-0.2, 0) is 0 Å². The Morgan fingerprint density at radius 2 is 0.957 bits per heavy atom. The molecule has 1 aliphatic carbocycles. The number of fused-ring (bicyclic) bond motifs is 3. The van der Waals surface area contributed by atoms with Gasteiger partial charge in [-0.15, -0.1) is 0 Å². The molecule has 6 aromatic carbocycles. The SMILES string of the molecule is Cc1ccncc1-c1ccc(-c2cc(-c3ccccc3)nc(-c3ccc(-c4ccc5c6c(cccc46)-c4ccccc4-5)cc3)n2)cc1. The molecule has 0 spiro atoms. The molecule has 0 saturated carbocycles. The number of hydrogen-bond donors (Lipinski definition) is 0. The molecule has 0 unspecified atom stereocenters. The molecule has 1 aliphatic rings. The largest absolute Gasteiger partial charge is 0.264 e. The van der Waals surface area contributed by atoms with Crippen molar-refractivity contribution < 1.29 is 0 Å². The van der Waals surface area contributed by atoms with Crippen LogP contribution in [0.3, 0.4) is 0 Å². The standard InChI is InChI=1S/C44H29N3/c1-28-24-25-45-27-40(28)30-14-18-32(19-15-30)42-26-41(31-8-3-2-4-9-31)46-44(47-42)33-20-16-29(17-21-33)34-22-23-39-36-11-6-5-10-35(36)38-13-7-12-37(34)43(38)39/h2-27H,1H3. The molecule has 0 bridgehead atoms. The lowest BCUT2D eigenvalue weighted by Gasteiger charge is -2.12. The van der Waals surface area contributed by atoms with Crippen molar-refractivity contribution in [2.24, 2.45) is 0 Å². The van der Waals surface area contributed by atoms with E-state index < -0.39 is 0 Å². The van der Waals surface area contributed by atoms with Crippen LogP contribution in [-0.4, -0.2) is 15.0 Å². The second-order valence-corrected chi connectivity index (χ2v) is 12.1. The number of aryl methyl sites for hydroxylation is 1. The Labute approximate surface area is 273 Å². The van der Waals surface area contributed by atoms with E-state index in [1.807, 2.05) is 36.7 Å². The molecule has 47 heavy (non-hydrogen) atoms. The van der Waals surface area contributed by atoms with E-state index >= 15 is 0 Å². The second kappa shape index (κ2) is 11.0. The highest BCUT2D eigenvalue weighted by molar-refractivity contribution is 6.18. The summed E-state index contributed by atoms with van der Waals surface area (Å²) in [6.45, 7) is 2.11. The summed E-state index contributed by atoms with van der Waals surface area (Å²) in [6, 6.07) is 51.6. The van der Waals surface area contributed by atoms with Crippen LogP contribution in [0.25, 0.3) is 89.2 Å². The first-order valence-corrected chi connectivity index (χ1v) is 15.9. The monoisotopic (exact) mass is 599 g/mol. The number of aromatic nitrogens is 3. The van der Waals surface area contributed by atoms with Gasteiger partial charge in [0.25, 0.3) is 0 Å². The number of nitrogens with zero attached hydrogens (tertiary/aromatic N) is 3. The lowest BCUT2D eigenvalue weighted by molar-refractivity contribution is 1.18. The summed E-state index contributed by atoms with van der Waals surface area (Å²) in [6.07, 6.45) is 3.76. The van der Waals surface area contributed by atoms with Gasteiger partial charge in [-0.2, -0.15) is 0 Å². The Hall–Kier alpha value is -6.19. The van der Waals surface area contributed by atoms with Crippen LogP contribution in [0.15, 0.2) is 158 Å². The summed E-state index contributed by atoms with van der Waals surface area (Å²) in [5.41, 5.74) is 16.0. The normalized spacial score (nSPS) is 11.5. The first kappa shape index (κ1) is 27.1. The van der Waals surface area contributed by atoms with E-state index in [1.165, 1.54) is 49.7 Å². The van der Waals surface area contributed by atoms with Crippen molar-refractivity contribution in [3.63, 3.8) is 0 Å². The average Bonchev–Trinajstić information content (AvgIpc) is 3.47. The van der Waals surface area contributed by atoms with Crippen LogP contribution in [0.1, 0.15) is 5.56 Å². The predicted octanol–water partition coefficient (Wildman–Crippen LogP) is 11.3. The molecule has 0 saturated heterocycles. The summed E-state index contributed by atoms with van der Waals surface area (Å²) in [4.78, 5) is 14.5. The van der Waals surface area contributed by atoms with Crippen LogP contribution >= 0.6 is 0 Å². The van der Waals surface area contributed by atoms with Crippen molar-refractivity contribution in [3.05, 3.63) is 164 Å². The van der Waals surface area contributed by atoms with Gasteiger partial charge in [-0.1, -0.05) is 133 Å². The Balaban J connectivity index is 1.11. The van der Waals surface area contributed by atoms with Crippen LogP contribution in [0.2, 0.25) is 0 Å². The minimum atomic E-state index is 0.705. The molecule has 2 aromatic heterocycles. The first-order valence-electron chi connectivity index (χ1n) is 15.9. The maximum absolute atomic E-state index is 5.10. The smallest absolute Gasteiger partial charge is 0.160 e. The van der Waals surface area contributed by atoms with Gasteiger partial charge < -0.3 is 0 Å². The maximum Gasteiger partial charge on any atom is 0.160 e. The molecule has 0 amide bonds. The van der Waals surface area contributed by atoms with Crippen molar-refractivity contribution in [3.8, 4) is 78.4 Å². The summed E-state index contributed by atoms with van der Waals surface area (Å²) in [7, 11) is 0. The fraction of sp³-hybridized carbons (Fsp3) is 0.0227. The number of pyridine rings is 1. The lowest BCUT2D eigenvalue weighted by atomic mass is 9.94. The maximum atomic E-state index is 5.10. The van der Waals surface area contributed by atoms with E-state index in [-0.39, 0.29) is 0 Å². The Kier molecular flexibility index (Phi) is 6.36. The third-order valence-corrected chi connectivity index (χ3v) is 9.33. The molecule has 0 N–H and O–H groups in total. The predicted molar refractivity (Wildman–Crippen MR) is 194 cm³/mol. The zero-order valence-electron chi connectivity index (χ0n) is 25.9. The topological polar surface area (TPSA) is 38.7 Å². The Bertz CT molecular complexity index is 2420. The van der Waals surface area contributed by atoms with Gasteiger partial charge in [0.15, 0.2) is 5.82 Å². The number of benzene rings is 6. The third kappa shape index (κ3) is 4.63. The van der Waals surface area contributed by atoms with Gasteiger partial charge in [-0.25, -0.2) is 9.97 Å². The van der Waals surface area contributed by atoms with Gasteiger partial charge in [-0.05, 0) is 74.3 Å². The third-order valence-electron chi connectivity index (χ3n) is 9.33. The fourth-order valence-electron chi connectivity index (χ4n) is 6.93. The van der Waals surface area contributed by atoms with Crippen molar-refractivity contribution in [1.29, 1.82) is 0 Å². The summed E-state index contributed by atoms with van der Waals surface area (Å²) < 4.78 is 0. The van der Waals surface area contributed by atoms with E-state index in [1.54, 1.807) is 0 Å². The van der Waals surface area contributed by atoms with E-state index in [9.17, 15) is 0 Å². The molecule has 9 rings (SSSR count). The van der Waals surface area contributed by atoms with Gasteiger partial charge in [0, 0.05) is 34.6 Å². The van der Waals surface area contributed by atoms with E-state index in [0.717, 1.165) is 39.2 Å². The lowest BCUT2D eigenvalue weighted by Crippen LogP contribution is -1.96. The minimum absolute atomic E-state index is 0.705. The summed E-state index contributed by atoms with van der Waals surface area (Å²) in [5, 5.41) is 2.61. The average molecular weight is 600 g/mol. The molecular formula is C44H29N3. The first-order chi connectivity index (χ1) is 23.2. The molecule has 3 heteroatoms. The van der Waals surface area contributed by atoms with Gasteiger partial charge >= 0.3 is 0 Å². The van der Waals surface area contributed by atoms with Crippen molar-refractivity contribution in [2.75, 3.05) is 0 Å². The zero-order chi connectivity index (χ0) is 31.3. The van der Waals surface area contributed by atoms with Crippen LogP contribution in [0.5, 0.6) is 0 Å². The van der Waals surface area contributed by atoms with E-state index in [2.05, 4.69) is 133 Å². The number of rotatable bonds is 5. The Morgan fingerprint density at radius 3 is 1.66 bits per heavy atom. The Morgan fingerprint density at radius 1 is 0.404 bits per heavy atom. The van der Waals surface area contributed by atoms with Gasteiger partial charge in [0.05, 0.1) is 11.4 Å². The number of hydrogen-bond acceptors (Lipinski definition) is 3. The van der Waals surface area contributed by atoms with Crippen LogP contribution in [0, 0.1) is 6.92 Å². The van der Waals surface area contributed by atoms with Crippen LogP contribution in [0.4, 0.5) is 0 Å². The quantitative estimate of drug-likeness (QED) is 0.198. The molecule has 2 heterocycles. The van der Waals surface area contributed by atoms with Crippen molar-refractivity contribution >= 4 is 10.8 Å². The zero-order valence-corrected chi connectivity index (χ0v) is 25.9. The highest BCUT2D eigenvalue weighted by Crippen LogP contribution is 2.49. The fourth-order valence-corrected chi connectivity index (χ4v) is 6.93. The van der Waals surface area contributed by atoms with Gasteiger partial charge in [0.1, 0.15) is 0 Å². The second-order valence-electron chi connectivity index (χ2n) is 12.1. The molecule has 8 aromatic rings. The van der Waals surface area contributed by atoms with Gasteiger partial charge in [-0.3, -0.25) is 4.98 Å².